The van der Waals surface area contributed by atoms with E-state index in [4.69, 9.17) is 0 Å². The number of piperidine rings is 2. The maximum absolute atomic E-state index is 11.2. The Morgan fingerprint density at radius 1 is 1.00 bits per heavy atom. The van der Waals surface area contributed by atoms with Crippen LogP contribution < -0.4 is 0 Å². The van der Waals surface area contributed by atoms with Crippen LogP contribution in [-0.4, -0.2) is 28.6 Å². The fourth-order valence-electron chi connectivity index (χ4n) is 4.40. The van der Waals surface area contributed by atoms with Crippen molar-refractivity contribution < 1.29 is 5.11 Å². The number of benzene rings is 1. The molecule has 2 unspecified atom stereocenters. The van der Waals surface area contributed by atoms with E-state index in [1.807, 2.05) is 6.07 Å². The second kappa shape index (κ2) is 4.85. The lowest BCUT2D eigenvalue weighted by atomic mass is 9.72. The van der Waals surface area contributed by atoms with E-state index in [1.54, 1.807) is 0 Å². The van der Waals surface area contributed by atoms with Crippen LogP contribution in [0.3, 0.4) is 0 Å². The number of aliphatic hydroxyl groups is 1. The van der Waals surface area contributed by atoms with Crippen LogP contribution in [0.4, 0.5) is 0 Å². The number of hydrogen-bond donors (Lipinski definition) is 1. The molecular weight excluding hydrogens is 246 g/mol. The molecule has 0 aromatic heterocycles. The Morgan fingerprint density at radius 3 is 2.25 bits per heavy atom. The Labute approximate surface area is 121 Å². The first kappa shape index (κ1) is 12.8. The van der Waals surface area contributed by atoms with Crippen LogP contribution in [0, 0.1) is 5.92 Å². The monoisotopic (exact) mass is 271 g/mol. The average molecular weight is 271 g/mol. The summed E-state index contributed by atoms with van der Waals surface area (Å²) < 4.78 is 0. The number of nitrogens with zero attached hydrogens (tertiary/aromatic N) is 1. The summed E-state index contributed by atoms with van der Waals surface area (Å²) in [5, 5.41) is 11.2. The molecule has 2 saturated heterocycles. The third-order valence-electron chi connectivity index (χ3n) is 5.64. The van der Waals surface area contributed by atoms with Gasteiger partial charge in [0.1, 0.15) is 0 Å². The lowest BCUT2D eigenvalue weighted by Crippen LogP contribution is -2.57. The van der Waals surface area contributed by atoms with Crippen molar-refractivity contribution >= 4 is 0 Å². The zero-order valence-corrected chi connectivity index (χ0v) is 12.2. The molecule has 4 rings (SSSR count). The first-order valence-electron chi connectivity index (χ1n) is 8.28. The van der Waals surface area contributed by atoms with Gasteiger partial charge in [0.05, 0.1) is 5.60 Å². The predicted molar refractivity (Wildman–Crippen MR) is 80.4 cm³/mol. The van der Waals surface area contributed by atoms with E-state index in [-0.39, 0.29) is 0 Å². The summed E-state index contributed by atoms with van der Waals surface area (Å²) in [6.07, 6.45) is 8.62. The molecular formula is C18H25NO. The van der Waals surface area contributed by atoms with Crippen molar-refractivity contribution in [2.75, 3.05) is 6.54 Å². The molecule has 1 N–H and O–H groups in total. The summed E-state index contributed by atoms with van der Waals surface area (Å²) in [6.45, 7) is 1.29. The highest BCUT2D eigenvalue weighted by molar-refractivity contribution is 5.24. The van der Waals surface area contributed by atoms with E-state index in [0.717, 1.165) is 24.3 Å². The van der Waals surface area contributed by atoms with Crippen LogP contribution in [0.25, 0.3) is 0 Å². The van der Waals surface area contributed by atoms with Gasteiger partial charge in [0.2, 0.25) is 0 Å². The SMILES string of the molecule is OC1(c2ccccc2)CC2CCCC(C1)N2CC1CC1. The molecule has 2 atom stereocenters. The van der Waals surface area contributed by atoms with Crippen LogP contribution in [-0.2, 0) is 5.60 Å². The van der Waals surface area contributed by atoms with Gasteiger partial charge in [-0.1, -0.05) is 36.8 Å². The molecule has 2 bridgehead atoms. The number of rotatable bonds is 3. The topological polar surface area (TPSA) is 23.5 Å². The van der Waals surface area contributed by atoms with E-state index < -0.39 is 5.60 Å². The molecule has 1 aliphatic carbocycles. The molecule has 0 spiro atoms. The number of hydrogen-bond acceptors (Lipinski definition) is 2. The fourth-order valence-corrected chi connectivity index (χ4v) is 4.40. The molecule has 2 aliphatic heterocycles. The van der Waals surface area contributed by atoms with Crippen molar-refractivity contribution in [3.63, 3.8) is 0 Å². The molecule has 1 aromatic carbocycles. The third kappa shape index (κ3) is 2.29. The van der Waals surface area contributed by atoms with Gasteiger partial charge in [-0.2, -0.15) is 0 Å². The van der Waals surface area contributed by atoms with Crippen LogP contribution in [0.1, 0.15) is 50.5 Å². The summed E-state index contributed by atoms with van der Waals surface area (Å²) in [4.78, 5) is 2.75. The van der Waals surface area contributed by atoms with Crippen molar-refractivity contribution in [2.24, 2.45) is 5.92 Å². The zero-order valence-electron chi connectivity index (χ0n) is 12.2. The maximum atomic E-state index is 11.2. The lowest BCUT2D eigenvalue weighted by Gasteiger charge is -2.52. The molecule has 0 radical (unpaired) electrons. The van der Waals surface area contributed by atoms with Crippen molar-refractivity contribution in [2.45, 2.75) is 62.6 Å². The minimum atomic E-state index is -0.586. The van der Waals surface area contributed by atoms with Crippen LogP contribution in [0.2, 0.25) is 0 Å². The van der Waals surface area contributed by atoms with E-state index in [1.165, 1.54) is 38.6 Å². The van der Waals surface area contributed by atoms with Gasteiger partial charge in [-0.05, 0) is 50.0 Å². The second-order valence-electron chi connectivity index (χ2n) is 7.18. The van der Waals surface area contributed by atoms with Crippen molar-refractivity contribution in [1.82, 2.24) is 4.90 Å². The molecule has 1 saturated carbocycles. The van der Waals surface area contributed by atoms with Gasteiger partial charge in [0, 0.05) is 18.6 Å². The molecule has 20 heavy (non-hydrogen) atoms. The predicted octanol–water partition coefficient (Wildman–Crippen LogP) is 3.30. The summed E-state index contributed by atoms with van der Waals surface area (Å²) >= 11 is 0. The van der Waals surface area contributed by atoms with Gasteiger partial charge in [-0.3, -0.25) is 4.90 Å². The molecule has 0 amide bonds. The summed E-state index contributed by atoms with van der Waals surface area (Å²) in [6, 6.07) is 11.6. The second-order valence-corrected chi connectivity index (χ2v) is 7.18. The summed E-state index contributed by atoms with van der Waals surface area (Å²) in [5.41, 5.74) is 0.542. The normalized spacial score (nSPS) is 37.9. The summed E-state index contributed by atoms with van der Waals surface area (Å²) in [5.74, 6) is 0.959. The molecule has 2 heterocycles. The molecule has 108 valence electrons. The van der Waals surface area contributed by atoms with Gasteiger partial charge in [0.15, 0.2) is 0 Å². The van der Waals surface area contributed by atoms with E-state index in [2.05, 4.69) is 29.2 Å². The standard InChI is InChI=1S/C18H25NO/c20-18(15-5-2-1-3-6-15)11-16-7-4-8-17(12-18)19(16)13-14-9-10-14/h1-3,5-6,14,16-17,20H,4,7-13H2. The van der Waals surface area contributed by atoms with Crippen LogP contribution in [0.15, 0.2) is 30.3 Å². The van der Waals surface area contributed by atoms with E-state index in [0.29, 0.717) is 12.1 Å². The van der Waals surface area contributed by atoms with Crippen molar-refractivity contribution in [3.8, 4) is 0 Å². The first-order chi connectivity index (χ1) is 9.74. The highest BCUT2D eigenvalue weighted by Crippen LogP contribution is 2.45. The lowest BCUT2D eigenvalue weighted by molar-refractivity contribution is -0.0979. The van der Waals surface area contributed by atoms with Gasteiger partial charge in [0.25, 0.3) is 0 Å². The minimum Gasteiger partial charge on any atom is -0.385 e. The zero-order chi connectivity index (χ0) is 13.6. The highest BCUT2D eigenvalue weighted by atomic mass is 16.3. The van der Waals surface area contributed by atoms with E-state index >= 15 is 0 Å². The Balaban J connectivity index is 1.57. The maximum Gasteiger partial charge on any atom is 0.0926 e. The minimum absolute atomic E-state index is 0.586. The van der Waals surface area contributed by atoms with E-state index in [9.17, 15) is 5.11 Å². The van der Waals surface area contributed by atoms with Crippen molar-refractivity contribution in [3.05, 3.63) is 35.9 Å². The molecule has 3 aliphatic rings. The Morgan fingerprint density at radius 2 is 1.65 bits per heavy atom. The largest absolute Gasteiger partial charge is 0.385 e. The summed E-state index contributed by atoms with van der Waals surface area (Å²) in [7, 11) is 0. The fraction of sp³-hybridized carbons (Fsp3) is 0.667. The smallest absolute Gasteiger partial charge is 0.0926 e. The average Bonchev–Trinajstić information content (AvgIpc) is 3.25. The Bertz CT molecular complexity index is 454. The molecule has 3 fully saturated rings. The third-order valence-corrected chi connectivity index (χ3v) is 5.64. The quantitative estimate of drug-likeness (QED) is 0.912. The molecule has 2 heteroatoms. The van der Waals surface area contributed by atoms with Crippen LogP contribution >= 0.6 is 0 Å². The van der Waals surface area contributed by atoms with Crippen LogP contribution in [0.5, 0.6) is 0 Å². The molecule has 1 aromatic rings. The van der Waals surface area contributed by atoms with Gasteiger partial charge in [-0.15, -0.1) is 0 Å². The van der Waals surface area contributed by atoms with Gasteiger partial charge in [-0.25, -0.2) is 0 Å². The van der Waals surface area contributed by atoms with Gasteiger partial charge < -0.3 is 5.11 Å². The van der Waals surface area contributed by atoms with Crippen molar-refractivity contribution in [1.29, 1.82) is 0 Å². The first-order valence-corrected chi connectivity index (χ1v) is 8.28. The Hall–Kier alpha value is -0.860. The highest BCUT2D eigenvalue weighted by Gasteiger charge is 2.47. The van der Waals surface area contributed by atoms with Gasteiger partial charge >= 0.3 is 0 Å². The molecule has 2 nitrogen and oxygen atoms in total. The number of fused-ring (bicyclic) bond motifs is 2. The Kier molecular flexibility index (Phi) is 3.12.